The molecule has 19 heavy (non-hydrogen) atoms. The molecule has 1 saturated heterocycles. The zero-order chi connectivity index (χ0) is 13.2. The Hall–Kier alpha value is -0.950. The summed E-state index contributed by atoms with van der Waals surface area (Å²) in [5, 5.41) is 5.16. The van der Waals surface area contributed by atoms with Crippen molar-refractivity contribution in [2.24, 2.45) is 0 Å². The van der Waals surface area contributed by atoms with Gasteiger partial charge in [-0.3, -0.25) is 4.79 Å². The summed E-state index contributed by atoms with van der Waals surface area (Å²) in [6.45, 7) is 2.76. The van der Waals surface area contributed by atoms with Crippen molar-refractivity contribution < 1.29 is 9.53 Å². The van der Waals surface area contributed by atoms with Gasteiger partial charge in [-0.2, -0.15) is 0 Å². The predicted molar refractivity (Wildman–Crippen MR) is 79.3 cm³/mol. The Balaban J connectivity index is 1.74. The van der Waals surface area contributed by atoms with Crippen LogP contribution in [0.5, 0.6) is 0 Å². The lowest BCUT2D eigenvalue weighted by Gasteiger charge is -2.32. The number of thiophene rings is 2. The average molecular weight is 296 g/mol. The standard InChI is InChI=1S/C13H16N2O2S2/c1-14-7-9-8-15(3-4-17-9)13(16)12-6-11-10(19-12)2-5-18-11/h2,5-6,9,14H,3-4,7-8H2,1H3. The molecular formula is C13H16N2O2S2. The van der Waals surface area contributed by atoms with Gasteiger partial charge in [-0.15, -0.1) is 22.7 Å². The third kappa shape index (κ3) is 2.67. The number of fused-ring (bicyclic) bond motifs is 1. The number of hydrogen-bond donors (Lipinski definition) is 1. The molecule has 2 aromatic rings. The molecule has 1 unspecified atom stereocenters. The fourth-order valence-electron chi connectivity index (χ4n) is 2.28. The third-order valence-electron chi connectivity index (χ3n) is 3.21. The molecule has 1 fully saturated rings. The van der Waals surface area contributed by atoms with Crippen LogP contribution in [-0.4, -0.2) is 50.2 Å². The van der Waals surface area contributed by atoms with Gasteiger partial charge < -0.3 is 15.0 Å². The summed E-state index contributed by atoms with van der Waals surface area (Å²) >= 11 is 3.27. The van der Waals surface area contributed by atoms with E-state index in [1.165, 1.54) is 9.40 Å². The zero-order valence-corrected chi connectivity index (χ0v) is 12.4. The van der Waals surface area contributed by atoms with Crippen LogP contribution in [0.15, 0.2) is 17.5 Å². The van der Waals surface area contributed by atoms with Crippen molar-refractivity contribution in [1.29, 1.82) is 0 Å². The Kier molecular flexibility index (Phi) is 3.83. The third-order valence-corrected chi connectivity index (χ3v) is 5.29. The Morgan fingerprint density at radius 1 is 1.58 bits per heavy atom. The fourth-order valence-corrected chi connectivity index (χ4v) is 4.36. The molecule has 6 heteroatoms. The second-order valence-electron chi connectivity index (χ2n) is 4.56. The Morgan fingerprint density at radius 2 is 2.47 bits per heavy atom. The van der Waals surface area contributed by atoms with Crippen molar-refractivity contribution in [2.75, 3.05) is 33.3 Å². The smallest absolute Gasteiger partial charge is 0.264 e. The SMILES string of the molecule is CNCC1CN(C(=O)c2cc3sccc3s2)CCO1. The van der Waals surface area contributed by atoms with E-state index in [0.29, 0.717) is 19.7 Å². The quantitative estimate of drug-likeness (QED) is 0.942. The first-order chi connectivity index (χ1) is 9.28. The van der Waals surface area contributed by atoms with Crippen LogP contribution in [0.3, 0.4) is 0 Å². The molecular weight excluding hydrogens is 280 g/mol. The molecule has 1 aliphatic rings. The summed E-state index contributed by atoms with van der Waals surface area (Å²) in [6, 6.07) is 4.08. The van der Waals surface area contributed by atoms with Gasteiger partial charge in [0.25, 0.3) is 5.91 Å². The largest absolute Gasteiger partial charge is 0.373 e. The van der Waals surface area contributed by atoms with Crippen LogP contribution >= 0.6 is 22.7 Å². The van der Waals surface area contributed by atoms with Crippen molar-refractivity contribution in [1.82, 2.24) is 10.2 Å². The van der Waals surface area contributed by atoms with Crippen LogP contribution in [0, 0.1) is 0 Å². The number of amides is 1. The molecule has 1 atom stereocenters. The highest BCUT2D eigenvalue weighted by Crippen LogP contribution is 2.30. The number of rotatable bonds is 3. The summed E-state index contributed by atoms with van der Waals surface area (Å²) in [6.07, 6.45) is 0.101. The molecule has 0 aliphatic carbocycles. The monoisotopic (exact) mass is 296 g/mol. The van der Waals surface area contributed by atoms with E-state index in [0.717, 1.165) is 11.4 Å². The van der Waals surface area contributed by atoms with Crippen molar-refractivity contribution in [3.8, 4) is 0 Å². The summed E-state index contributed by atoms with van der Waals surface area (Å²) in [4.78, 5) is 15.2. The summed E-state index contributed by atoms with van der Waals surface area (Å²) in [5.74, 6) is 0.137. The summed E-state index contributed by atoms with van der Waals surface area (Å²) in [7, 11) is 1.90. The average Bonchev–Trinajstić information content (AvgIpc) is 2.99. The van der Waals surface area contributed by atoms with Gasteiger partial charge in [0.15, 0.2) is 0 Å². The maximum atomic E-state index is 12.5. The first kappa shape index (κ1) is 13.1. The van der Waals surface area contributed by atoms with E-state index in [9.17, 15) is 4.79 Å². The van der Waals surface area contributed by atoms with E-state index in [4.69, 9.17) is 4.74 Å². The summed E-state index contributed by atoms with van der Waals surface area (Å²) < 4.78 is 8.03. The molecule has 2 aromatic heterocycles. The number of carbonyl (C=O) groups is 1. The fraction of sp³-hybridized carbons (Fsp3) is 0.462. The molecule has 0 saturated carbocycles. The number of morpholine rings is 1. The molecule has 3 heterocycles. The van der Waals surface area contributed by atoms with Gasteiger partial charge in [-0.1, -0.05) is 0 Å². The topological polar surface area (TPSA) is 41.6 Å². The van der Waals surface area contributed by atoms with E-state index in [2.05, 4.69) is 16.8 Å². The van der Waals surface area contributed by atoms with E-state index >= 15 is 0 Å². The van der Waals surface area contributed by atoms with Crippen LogP contribution in [0.25, 0.3) is 9.40 Å². The number of hydrogen-bond acceptors (Lipinski definition) is 5. The Morgan fingerprint density at radius 3 is 3.26 bits per heavy atom. The highest BCUT2D eigenvalue weighted by molar-refractivity contribution is 7.27. The highest BCUT2D eigenvalue weighted by atomic mass is 32.1. The Bertz CT molecular complexity index is 547. The molecule has 1 amide bonds. The number of carbonyl (C=O) groups excluding carboxylic acids is 1. The van der Waals surface area contributed by atoms with Crippen LogP contribution in [0.4, 0.5) is 0 Å². The van der Waals surface area contributed by atoms with Crippen molar-refractivity contribution in [3.63, 3.8) is 0 Å². The molecule has 0 spiro atoms. The molecule has 4 nitrogen and oxygen atoms in total. The van der Waals surface area contributed by atoms with Gasteiger partial charge >= 0.3 is 0 Å². The van der Waals surface area contributed by atoms with Gasteiger partial charge in [0.2, 0.25) is 0 Å². The Labute approximate surface area is 120 Å². The maximum Gasteiger partial charge on any atom is 0.264 e. The normalized spacial score (nSPS) is 20.1. The van der Waals surface area contributed by atoms with Gasteiger partial charge in [0.05, 0.1) is 17.6 Å². The van der Waals surface area contributed by atoms with Crippen molar-refractivity contribution in [2.45, 2.75) is 6.10 Å². The van der Waals surface area contributed by atoms with Gasteiger partial charge in [0.1, 0.15) is 0 Å². The highest BCUT2D eigenvalue weighted by Gasteiger charge is 2.25. The zero-order valence-electron chi connectivity index (χ0n) is 10.7. The molecule has 0 aromatic carbocycles. The van der Waals surface area contributed by atoms with E-state index in [-0.39, 0.29) is 12.0 Å². The van der Waals surface area contributed by atoms with Crippen LogP contribution in [0.1, 0.15) is 9.67 Å². The van der Waals surface area contributed by atoms with Crippen molar-refractivity contribution in [3.05, 3.63) is 22.4 Å². The van der Waals surface area contributed by atoms with E-state index in [1.807, 2.05) is 18.0 Å². The second kappa shape index (κ2) is 5.58. The molecule has 3 rings (SSSR count). The lowest BCUT2D eigenvalue weighted by Crippen LogP contribution is -2.48. The van der Waals surface area contributed by atoms with Crippen LogP contribution in [0.2, 0.25) is 0 Å². The van der Waals surface area contributed by atoms with E-state index in [1.54, 1.807) is 22.7 Å². The van der Waals surface area contributed by atoms with Crippen LogP contribution < -0.4 is 5.32 Å². The van der Waals surface area contributed by atoms with Gasteiger partial charge in [-0.05, 0) is 24.6 Å². The maximum absolute atomic E-state index is 12.5. The van der Waals surface area contributed by atoms with Crippen LogP contribution in [-0.2, 0) is 4.74 Å². The minimum Gasteiger partial charge on any atom is -0.373 e. The second-order valence-corrected chi connectivity index (χ2v) is 6.59. The number of ether oxygens (including phenoxy) is 1. The predicted octanol–water partition coefficient (Wildman–Crippen LogP) is 2.02. The number of nitrogens with zero attached hydrogens (tertiary/aromatic N) is 1. The number of likely N-dealkylation sites (N-methyl/N-ethyl adjacent to an activating group) is 1. The van der Waals surface area contributed by atoms with Crippen molar-refractivity contribution >= 4 is 38.0 Å². The molecule has 1 aliphatic heterocycles. The van der Waals surface area contributed by atoms with E-state index < -0.39 is 0 Å². The first-order valence-electron chi connectivity index (χ1n) is 6.30. The minimum atomic E-state index is 0.101. The lowest BCUT2D eigenvalue weighted by atomic mass is 10.2. The molecule has 1 N–H and O–H groups in total. The first-order valence-corrected chi connectivity index (χ1v) is 8.00. The summed E-state index contributed by atoms with van der Waals surface area (Å²) in [5.41, 5.74) is 0. The number of nitrogens with one attached hydrogen (secondary N) is 1. The minimum absolute atomic E-state index is 0.101. The van der Waals surface area contributed by atoms with Gasteiger partial charge in [0, 0.05) is 29.0 Å². The molecule has 102 valence electrons. The van der Waals surface area contributed by atoms with Gasteiger partial charge in [-0.25, -0.2) is 0 Å². The lowest BCUT2D eigenvalue weighted by molar-refractivity contribution is -0.0194. The molecule has 0 radical (unpaired) electrons. The molecule has 0 bridgehead atoms.